The summed E-state index contributed by atoms with van der Waals surface area (Å²) in [4.78, 5) is 17.2. The van der Waals surface area contributed by atoms with Gasteiger partial charge in [-0.25, -0.2) is 4.39 Å². The molecule has 1 N–H and O–H groups in total. The van der Waals surface area contributed by atoms with Crippen molar-refractivity contribution in [1.29, 1.82) is 0 Å². The molecule has 7 heteroatoms. The molecule has 1 aliphatic carbocycles. The molecule has 2 atom stereocenters. The van der Waals surface area contributed by atoms with E-state index in [4.69, 9.17) is 16.3 Å². The van der Waals surface area contributed by atoms with E-state index in [-0.39, 0.29) is 30.4 Å². The van der Waals surface area contributed by atoms with Crippen molar-refractivity contribution in [2.45, 2.75) is 57.9 Å². The zero-order chi connectivity index (χ0) is 22.7. The molecule has 5 nitrogen and oxygen atoms in total. The number of ether oxygens (including phenoxy) is 1. The molecule has 1 aliphatic heterocycles. The Balaban J connectivity index is 1.32. The molecule has 32 heavy (non-hydrogen) atoms. The van der Waals surface area contributed by atoms with Gasteiger partial charge in [0.05, 0.1) is 0 Å². The Bertz CT molecular complexity index is 935. The summed E-state index contributed by atoms with van der Waals surface area (Å²) in [6, 6.07) is 13.0. The van der Waals surface area contributed by atoms with Crippen LogP contribution >= 0.6 is 11.6 Å². The third-order valence-electron chi connectivity index (χ3n) is 6.27. The summed E-state index contributed by atoms with van der Waals surface area (Å²) in [6.45, 7) is 7.03. The molecule has 0 aromatic heterocycles. The van der Waals surface area contributed by atoms with Gasteiger partial charge in [0.1, 0.15) is 11.6 Å². The summed E-state index contributed by atoms with van der Waals surface area (Å²) in [6.07, 6.45) is 2.41. The Morgan fingerprint density at radius 1 is 1.12 bits per heavy atom. The fraction of sp³-hybridized carbons (Fsp3) is 0.480. The standard InChI is InChI=1S/C25H31ClFN3O2/c1-17-14-30(18(2)13-29(17)15-19-3-6-22(27)7-4-19)25(31)16-32-24-10-5-21(26)11-20(24)12-28-23-8-9-23/h3-7,10-11,17-18,23,28H,8-9,12-16H2,1-2H3/t17-,18+/m1/s1. The topological polar surface area (TPSA) is 44.8 Å². The molecule has 1 saturated heterocycles. The largest absolute Gasteiger partial charge is 0.483 e. The number of hydrogen-bond acceptors (Lipinski definition) is 4. The zero-order valence-electron chi connectivity index (χ0n) is 18.7. The van der Waals surface area contributed by atoms with Crippen LogP contribution in [0.25, 0.3) is 0 Å². The maximum Gasteiger partial charge on any atom is 0.260 e. The summed E-state index contributed by atoms with van der Waals surface area (Å²) < 4.78 is 19.1. The smallest absolute Gasteiger partial charge is 0.260 e. The van der Waals surface area contributed by atoms with E-state index >= 15 is 0 Å². The lowest BCUT2D eigenvalue weighted by molar-refractivity contribution is -0.139. The highest BCUT2D eigenvalue weighted by atomic mass is 35.5. The molecule has 0 radical (unpaired) electrons. The van der Waals surface area contributed by atoms with Crippen molar-refractivity contribution in [3.8, 4) is 5.75 Å². The first-order valence-electron chi connectivity index (χ1n) is 11.3. The number of carbonyl (C=O) groups is 1. The Morgan fingerprint density at radius 3 is 2.59 bits per heavy atom. The van der Waals surface area contributed by atoms with Crippen LogP contribution in [-0.2, 0) is 17.9 Å². The second-order valence-corrected chi connectivity index (χ2v) is 9.43. The van der Waals surface area contributed by atoms with Crippen LogP contribution in [0.5, 0.6) is 5.75 Å². The van der Waals surface area contributed by atoms with Crippen molar-refractivity contribution < 1.29 is 13.9 Å². The summed E-state index contributed by atoms with van der Waals surface area (Å²) in [5.41, 5.74) is 2.05. The minimum Gasteiger partial charge on any atom is -0.483 e. The lowest BCUT2D eigenvalue weighted by Crippen LogP contribution is -2.58. The molecule has 0 unspecified atom stereocenters. The normalized spacial score (nSPS) is 21.6. The molecule has 2 aliphatic rings. The monoisotopic (exact) mass is 459 g/mol. The van der Waals surface area contributed by atoms with E-state index in [0.29, 0.717) is 29.9 Å². The highest BCUT2D eigenvalue weighted by Crippen LogP contribution is 2.26. The first-order chi connectivity index (χ1) is 15.4. The number of halogens is 2. The van der Waals surface area contributed by atoms with Crippen molar-refractivity contribution >= 4 is 17.5 Å². The average Bonchev–Trinajstić information content (AvgIpc) is 3.60. The van der Waals surface area contributed by atoms with Gasteiger partial charge in [-0.2, -0.15) is 0 Å². The zero-order valence-corrected chi connectivity index (χ0v) is 19.4. The average molecular weight is 460 g/mol. The van der Waals surface area contributed by atoms with Gasteiger partial charge in [-0.05, 0) is 62.6 Å². The SMILES string of the molecule is C[C@@H]1CN(C(=O)COc2ccc(Cl)cc2CNC2CC2)[C@@H](C)CN1Cc1ccc(F)cc1. The molecule has 0 bridgehead atoms. The second kappa shape index (κ2) is 10.2. The lowest BCUT2D eigenvalue weighted by atomic mass is 10.1. The van der Waals surface area contributed by atoms with E-state index in [1.165, 1.54) is 25.0 Å². The minimum absolute atomic E-state index is 0.00703. The van der Waals surface area contributed by atoms with Crippen molar-refractivity contribution in [3.63, 3.8) is 0 Å². The number of amides is 1. The van der Waals surface area contributed by atoms with E-state index in [1.54, 1.807) is 6.07 Å². The van der Waals surface area contributed by atoms with Crippen LogP contribution in [0.2, 0.25) is 5.02 Å². The van der Waals surface area contributed by atoms with Gasteiger partial charge in [0.25, 0.3) is 5.91 Å². The van der Waals surface area contributed by atoms with Gasteiger partial charge in [-0.3, -0.25) is 9.69 Å². The van der Waals surface area contributed by atoms with E-state index < -0.39 is 0 Å². The predicted octanol–water partition coefficient (Wildman–Crippen LogP) is 4.23. The highest BCUT2D eigenvalue weighted by Gasteiger charge is 2.32. The van der Waals surface area contributed by atoms with Crippen molar-refractivity contribution in [2.75, 3.05) is 19.7 Å². The molecular formula is C25H31ClFN3O2. The molecule has 172 valence electrons. The molecule has 2 aromatic carbocycles. The van der Waals surface area contributed by atoms with Gasteiger partial charge in [0.15, 0.2) is 6.61 Å². The van der Waals surface area contributed by atoms with Gasteiger partial charge in [-0.1, -0.05) is 23.7 Å². The third-order valence-corrected chi connectivity index (χ3v) is 6.50. The Labute approximate surface area is 194 Å². The maximum absolute atomic E-state index is 13.2. The van der Waals surface area contributed by atoms with Gasteiger partial charge < -0.3 is 15.0 Å². The minimum atomic E-state index is -0.224. The van der Waals surface area contributed by atoms with Gasteiger partial charge in [-0.15, -0.1) is 0 Å². The fourth-order valence-corrected chi connectivity index (χ4v) is 4.38. The van der Waals surface area contributed by atoms with Gasteiger partial charge >= 0.3 is 0 Å². The molecule has 1 heterocycles. The molecule has 2 aromatic rings. The highest BCUT2D eigenvalue weighted by molar-refractivity contribution is 6.30. The first-order valence-corrected chi connectivity index (χ1v) is 11.7. The van der Waals surface area contributed by atoms with Crippen LogP contribution in [0.1, 0.15) is 37.8 Å². The van der Waals surface area contributed by atoms with Gasteiger partial charge in [0, 0.05) is 54.9 Å². The summed E-state index contributed by atoms with van der Waals surface area (Å²) >= 11 is 6.17. The molecule has 4 rings (SSSR count). The van der Waals surface area contributed by atoms with E-state index in [0.717, 1.165) is 24.2 Å². The predicted molar refractivity (Wildman–Crippen MR) is 124 cm³/mol. The number of nitrogens with zero attached hydrogens (tertiary/aromatic N) is 2. The van der Waals surface area contributed by atoms with E-state index in [9.17, 15) is 9.18 Å². The van der Waals surface area contributed by atoms with Crippen LogP contribution in [-0.4, -0.2) is 53.5 Å². The Kier molecular flexibility index (Phi) is 7.33. The summed E-state index contributed by atoms with van der Waals surface area (Å²) in [5, 5.41) is 4.13. The third kappa shape index (κ3) is 6.00. The molecule has 0 spiro atoms. The van der Waals surface area contributed by atoms with Crippen LogP contribution in [0.3, 0.4) is 0 Å². The van der Waals surface area contributed by atoms with Crippen molar-refractivity contribution in [1.82, 2.24) is 15.1 Å². The molecule has 2 fully saturated rings. The lowest BCUT2D eigenvalue weighted by Gasteiger charge is -2.44. The molecular weight excluding hydrogens is 429 g/mol. The number of nitrogens with one attached hydrogen (secondary N) is 1. The number of piperazine rings is 1. The number of carbonyl (C=O) groups excluding carboxylic acids is 1. The fourth-order valence-electron chi connectivity index (χ4n) is 4.18. The maximum atomic E-state index is 13.2. The van der Waals surface area contributed by atoms with Crippen molar-refractivity contribution in [2.24, 2.45) is 0 Å². The second-order valence-electron chi connectivity index (χ2n) is 9.00. The van der Waals surface area contributed by atoms with Gasteiger partial charge in [0.2, 0.25) is 0 Å². The van der Waals surface area contributed by atoms with Crippen LogP contribution in [0, 0.1) is 5.82 Å². The molecule has 1 amide bonds. The van der Waals surface area contributed by atoms with Crippen molar-refractivity contribution in [3.05, 3.63) is 64.4 Å². The van der Waals surface area contributed by atoms with E-state index in [2.05, 4.69) is 24.1 Å². The summed E-state index contributed by atoms with van der Waals surface area (Å²) in [5.74, 6) is 0.464. The Hall–Kier alpha value is -2.15. The number of benzene rings is 2. The summed E-state index contributed by atoms with van der Waals surface area (Å²) in [7, 11) is 0. The van der Waals surface area contributed by atoms with E-state index in [1.807, 2.05) is 29.2 Å². The first kappa shape index (κ1) is 23.0. The number of hydrogen-bond donors (Lipinski definition) is 1. The number of rotatable bonds is 8. The van der Waals surface area contributed by atoms with Crippen LogP contribution in [0.4, 0.5) is 4.39 Å². The van der Waals surface area contributed by atoms with Crippen LogP contribution < -0.4 is 10.1 Å². The Morgan fingerprint density at radius 2 is 1.88 bits per heavy atom. The quantitative estimate of drug-likeness (QED) is 0.641. The van der Waals surface area contributed by atoms with Crippen LogP contribution in [0.15, 0.2) is 42.5 Å². The molecule has 1 saturated carbocycles.